The molecule has 1 amide bonds. The summed E-state index contributed by atoms with van der Waals surface area (Å²) in [6.07, 6.45) is -1.33. The average molecular weight is 211 g/mol. The second-order valence-electron chi connectivity index (χ2n) is 1.26. The second kappa shape index (κ2) is 4.11. The molecule has 0 radical (unpaired) electrons. The topological polar surface area (TPSA) is 118 Å². The zero-order valence-electron chi connectivity index (χ0n) is 5.24. The van der Waals surface area contributed by atoms with Gasteiger partial charge in [0.25, 0.3) is 0 Å². The zero-order chi connectivity index (χ0) is 10.6. The summed E-state index contributed by atoms with van der Waals surface area (Å²) >= 11 is 0. The van der Waals surface area contributed by atoms with Crippen LogP contribution in [0.4, 0.5) is 18.0 Å². The van der Waals surface area contributed by atoms with E-state index in [1.165, 1.54) is 0 Å². The number of primary amides is 1. The van der Waals surface area contributed by atoms with Crippen LogP contribution in [-0.4, -0.2) is 29.7 Å². The van der Waals surface area contributed by atoms with E-state index in [9.17, 15) is 13.2 Å². The SMILES string of the molecule is NC(=O)O.O=S(=O)(O)C(F)(F)F. The number of carboxylic acid groups (broad SMARTS) is 1. The number of hydrogen-bond donors (Lipinski definition) is 3. The maximum atomic E-state index is 10.7. The zero-order valence-corrected chi connectivity index (χ0v) is 6.06. The Bertz CT molecular complexity index is 238. The molecule has 0 atom stereocenters. The third kappa shape index (κ3) is 8.97. The molecule has 4 N–H and O–H groups in total. The fourth-order valence-corrected chi connectivity index (χ4v) is 0. The van der Waals surface area contributed by atoms with Gasteiger partial charge in [0.05, 0.1) is 0 Å². The molecule has 6 nitrogen and oxygen atoms in total. The first-order valence-electron chi connectivity index (χ1n) is 2.00. The Morgan fingerprint density at radius 2 is 1.42 bits per heavy atom. The lowest BCUT2D eigenvalue weighted by atomic mass is 11.3. The molecule has 12 heavy (non-hydrogen) atoms. The maximum absolute atomic E-state index is 10.7. The van der Waals surface area contributed by atoms with Crippen molar-refractivity contribution in [3.63, 3.8) is 0 Å². The Balaban J connectivity index is 0. The molecule has 0 saturated heterocycles. The fraction of sp³-hybridized carbons (Fsp3) is 0.500. The molecular weight excluding hydrogens is 207 g/mol. The quantitative estimate of drug-likeness (QED) is 0.385. The minimum Gasteiger partial charge on any atom is -0.465 e. The monoisotopic (exact) mass is 211 g/mol. The van der Waals surface area contributed by atoms with E-state index in [-0.39, 0.29) is 0 Å². The smallest absolute Gasteiger partial charge is 0.465 e. The molecular formula is C2H4F3NO5S. The van der Waals surface area contributed by atoms with Crippen molar-refractivity contribution in [1.82, 2.24) is 0 Å². The number of rotatable bonds is 0. The van der Waals surface area contributed by atoms with Crippen LogP contribution >= 0.6 is 0 Å². The predicted molar refractivity (Wildman–Crippen MR) is 29.8 cm³/mol. The summed E-state index contributed by atoms with van der Waals surface area (Å²) in [6, 6.07) is 0. The average Bonchev–Trinajstić information content (AvgIpc) is 1.55. The van der Waals surface area contributed by atoms with E-state index in [4.69, 9.17) is 22.9 Å². The van der Waals surface area contributed by atoms with Crippen molar-refractivity contribution in [1.29, 1.82) is 0 Å². The van der Waals surface area contributed by atoms with Crippen LogP contribution in [0.1, 0.15) is 0 Å². The third-order valence-electron chi connectivity index (χ3n) is 0.292. The summed E-state index contributed by atoms with van der Waals surface area (Å²) in [5, 5.41) is 7.19. The Kier molecular flexibility index (Phi) is 4.64. The molecule has 0 aromatic rings. The molecule has 0 aromatic heterocycles. The van der Waals surface area contributed by atoms with Gasteiger partial charge in [-0.2, -0.15) is 21.6 Å². The van der Waals surface area contributed by atoms with Gasteiger partial charge in [0, 0.05) is 0 Å². The molecule has 0 rings (SSSR count). The van der Waals surface area contributed by atoms with Gasteiger partial charge in [0.2, 0.25) is 0 Å². The molecule has 0 fully saturated rings. The van der Waals surface area contributed by atoms with E-state index in [0.717, 1.165) is 0 Å². The molecule has 0 aromatic carbocycles. The summed E-state index contributed by atoms with van der Waals surface area (Å²) in [6.45, 7) is 0. The largest absolute Gasteiger partial charge is 0.522 e. The molecule has 0 bridgehead atoms. The summed E-state index contributed by atoms with van der Waals surface area (Å²) < 4.78 is 57.5. The second-order valence-corrected chi connectivity index (χ2v) is 2.67. The van der Waals surface area contributed by atoms with Crippen molar-refractivity contribution in [3.8, 4) is 0 Å². The lowest BCUT2D eigenvalue weighted by molar-refractivity contribution is -0.0510. The van der Waals surface area contributed by atoms with Gasteiger partial charge >= 0.3 is 21.7 Å². The number of nitrogens with two attached hydrogens (primary N) is 1. The third-order valence-corrected chi connectivity index (χ3v) is 0.877. The lowest BCUT2D eigenvalue weighted by Gasteiger charge is -1.97. The van der Waals surface area contributed by atoms with Gasteiger partial charge in [-0.25, -0.2) is 4.79 Å². The highest BCUT2D eigenvalue weighted by Gasteiger charge is 2.44. The molecule has 10 heteroatoms. The maximum Gasteiger partial charge on any atom is 0.522 e. The van der Waals surface area contributed by atoms with Crippen molar-refractivity contribution in [2.75, 3.05) is 0 Å². The summed E-state index contributed by atoms with van der Waals surface area (Å²) in [7, 11) is -5.84. The standard InChI is InChI=1S/CHF3O3S.CH3NO2/c2-1(3,4)8(5,6)7;2-1(3)4/h(H,5,6,7);2H2,(H,3,4). The lowest BCUT2D eigenvalue weighted by Crippen LogP contribution is -2.21. The number of carbonyl (C=O) groups is 1. The van der Waals surface area contributed by atoms with Crippen LogP contribution in [0.2, 0.25) is 0 Å². The number of halogens is 3. The van der Waals surface area contributed by atoms with Crippen LogP contribution in [-0.2, 0) is 10.1 Å². The van der Waals surface area contributed by atoms with Crippen molar-refractivity contribution in [2.45, 2.75) is 5.51 Å². The van der Waals surface area contributed by atoms with Crippen molar-refractivity contribution in [3.05, 3.63) is 0 Å². The van der Waals surface area contributed by atoms with E-state index >= 15 is 0 Å². The molecule has 0 unspecified atom stereocenters. The molecule has 0 spiro atoms. The highest BCUT2D eigenvalue weighted by molar-refractivity contribution is 7.86. The van der Waals surface area contributed by atoms with Crippen LogP contribution < -0.4 is 5.73 Å². The normalized spacial score (nSPS) is 11.3. The van der Waals surface area contributed by atoms with Crippen LogP contribution in [0.25, 0.3) is 0 Å². The highest BCUT2D eigenvalue weighted by Crippen LogP contribution is 2.20. The molecule has 74 valence electrons. The van der Waals surface area contributed by atoms with Crippen molar-refractivity contribution < 1.29 is 36.0 Å². The molecule has 0 aliphatic heterocycles. The first-order chi connectivity index (χ1) is 4.98. The molecule has 0 aliphatic carbocycles. The van der Waals surface area contributed by atoms with E-state index in [2.05, 4.69) is 5.73 Å². The van der Waals surface area contributed by atoms with Gasteiger partial charge in [-0.15, -0.1) is 0 Å². The minimum atomic E-state index is -5.84. The molecule has 0 heterocycles. The number of amides is 1. The van der Waals surface area contributed by atoms with Crippen LogP contribution in [0, 0.1) is 0 Å². The Morgan fingerprint density at radius 1 is 1.33 bits per heavy atom. The van der Waals surface area contributed by atoms with Crippen LogP contribution in [0.15, 0.2) is 0 Å². The first kappa shape index (κ1) is 13.6. The summed E-state index contributed by atoms with van der Waals surface area (Å²) in [4.78, 5) is 8.78. The fourth-order valence-electron chi connectivity index (χ4n) is 0. The van der Waals surface area contributed by atoms with Gasteiger partial charge in [-0.05, 0) is 0 Å². The summed E-state index contributed by atoms with van der Waals surface area (Å²) in [5.41, 5.74) is -1.51. The molecule has 0 aliphatic rings. The first-order valence-corrected chi connectivity index (χ1v) is 3.44. The Labute approximate surface area is 64.5 Å². The Morgan fingerprint density at radius 3 is 1.42 bits per heavy atom. The van der Waals surface area contributed by atoms with E-state index in [1.807, 2.05) is 0 Å². The Hall–Kier alpha value is -1.03. The van der Waals surface area contributed by atoms with E-state index in [1.54, 1.807) is 0 Å². The minimum absolute atomic E-state index is 1.33. The van der Waals surface area contributed by atoms with Crippen molar-refractivity contribution >= 4 is 16.2 Å². The number of hydrogen-bond acceptors (Lipinski definition) is 3. The van der Waals surface area contributed by atoms with Crippen LogP contribution in [0.5, 0.6) is 0 Å². The van der Waals surface area contributed by atoms with Gasteiger partial charge in [-0.3, -0.25) is 4.55 Å². The summed E-state index contributed by atoms with van der Waals surface area (Å²) in [5.74, 6) is 0. The van der Waals surface area contributed by atoms with Gasteiger partial charge in [0.1, 0.15) is 0 Å². The van der Waals surface area contributed by atoms with E-state index in [0.29, 0.717) is 0 Å². The van der Waals surface area contributed by atoms with Crippen LogP contribution in [0.3, 0.4) is 0 Å². The number of alkyl halides is 3. The van der Waals surface area contributed by atoms with Crippen molar-refractivity contribution in [2.24, 2.45) is 5.73 Å². The molecule has 0 saturated carbocycles. The van der Waals surface area contributed by atoms with Gasteiger partial charge in [-0.1, -0.05) is 0 Å². The van der Waals surface area contributed by atoms with E-state index < -0.39 is 21.7 Å². The van der Waals surface area contributed by atoms with Gasteiger partial charge < -0.3 is 10.8 Å². The highest BCUT2D eigenvalue weighted by atomic mass is 32.2. The van der Waals surface area contributed by atoms with Gasteiger partial charge in [0.15, 0.2) is 0 Å². The predicted octanol–water partition coefficient (Wildman–Crippen LogP) is 0.0171.